The standard InChI is InChI=1S/C20H22N2O6/c23-17(22-18(24)19(25)26)16(13-15-9-5-2-6-10-15)21-20(27)28-12-11-14-7-3-1-4-8-14/h1-10,16,18,24H,11-13H2,(H,21,27)(H,22,23)(H,25,26)/t16-,18?/m0/s1. The van der Waals surface area contributed by atoms with Crippen LogP contribution >= 0.6 is 0 Å². The topological polar surface area (TPSA) is 125 Å². The maximum atomic E-state index is 12.3. The highest BCUT2D eigenvalue weighted by molar-refractivity contribution is 5.88. The monoisotopic (exact) mass is 386 g/mol. The Morgan fingerprint density at radius 3 is 2.04 bits per heavy atom. The van der Waals surface area contributed by atoms with Crippen molar-refractivity contribution in [2.45, 2.75) is 25.1 Å². The van der Waals surface area contributed by atoms with Crippen molar-refractivity contribution in [1.82, 2.24) is 10.6 Å². The second-order valence-corrected chi connectivity index (χ2v) is 6.01. The molecular formula is C20H22N2O6. The second-order valence-electron chi connectivity index (χ2n) is 6.01. The molecule has 2 aromatic rings. The molecule has 0 bridgehead atoms. The van der Waals surface area contributed by atoms with Crippen LogP contribution in [0.4, 0.5) is 4.79 Å². The molecule has 28 heavy (non-hydrogen) atoms. The highest BCUT2D eigenvalue weighted by Gasteiger charge is 2.25. The minimum Gasteiger partial charge on any atom is -0.478 e. The molecule has 2 amide bonds. The molecule has 8 heteroatoms. The third kappa shape index (κ3) is 7.08. The maximum absolute atomic E-state index is 12.3. The average Bonchev–Trinajstić information content (AvgIpc) is 2.69. The molecule has 0 saturated heterocycles. The van der Waals surface area contributed by atoms with Crippen molar-refractivity contribution in [1.29, 1.82) is 0 Å². The van der Waals surface area contributed by atoms with Crippen LogP contribution in [-0.2, 0) is 27.2 Å². The number of hydrogen-bond donors (Lipinski definition) is 4. The molecule has 0 saturated carbocycles. The van der Waals surface area contributed by atoms with Crippen molar-refractivity contribution in [2.24, 2.45) is 0 Å². The quantitative estimate of drug-likeness (QED) is 0.478. The molecule has 0 radical (unpaired) electrons. The van der Waals surface area contributed by atoms with Crippen LogP contribution < -0.4 is 10.6 Å². The lowest BCUT2D eigenvalue weighted by Gasteiger charge is -2.19. The highest BCUT2D eigenvalue weighted by atomic mass is 16.5. The van der Waals surface area contributed by atoms with Crippen LogP contribution in [0.2, 0.25) is 0 Å². The van der Waals surface area contributed by atoms with Crippen molar-refractivity contribution in [3.8, 4) is 0 Å². The number of ether oxygens (including phenoxy) is 1. The summed E-state index contributed by atoms with van der Waals surface area (Å²) in [5, 5.41) is 22.4. The van der Waals surface area contributed by atoms with Crippen LogP contribution in [0.5, 0.6) is 0 Å². The van der Waals surface area contributed by atoms with E-state index in [1.807, 2.05) is 35.6 Å². The van der Waals surface area contributed by atoms with Gasteiger partial charge < -0.3 is 25.6 Å². The Morgan fingerprint density at radius 2 is 1.46 bits per heavy atom. The lowest BCUT2D eigenvalue weighted by atomic mass is 10.1. The molecule has 0 heterocycles. The fourth-order valence-corrected chi connectivity index (χ4v) is 2.45. The Kier molecular flexibility index (Phi) is 7.98. The van der Waals surface area contributed by atoms with E-state index in [2.05, 4.69) is 5.32 Å². The van der Waals surface area contributed by atoms with E-state index in [1.165, 1.54) is 0 Å². The molecule has 148 valence electrons. The number of aliphatic carboxylic acids is 1. The molecule has 1 unspecified atom stereocenters. The van der Waals surface area contributed by atoms with Crippen LogP contribution in [0.15, 0.2) is 60.7 Å². The largest absolute Gasteiger partial charge is 0.478 e. The van der Waals surface area contributed by atoms with Gasteiger partial charge in [-0.15, -0.1) is 0 Å². The highest BCUT2D eigenvalue weighted by Crippen LogP contribution is 2.05. The normalized spacial score (nSPS) is 12.5. The second kappa shape index (κ2) is 10.7. The zero-order chi connectivity index (χ0) is 20.4. The maximum Gasteiger partial charge on any atom is 0.407 e. The number of aliphatic hydroxyl groups is 1. The van der Waals surface area contributed by atoms with Crippen LogP contribution in [0.1, 0.15) is 11.1 Å². The van der Waals surface area contributed by atoms with Gasteiger partial charge in [-0.2, -0.15) is 0 Å². The van der Waals surface area contributed by atoms with Gasteiger partial charge in [-0.3, -0.25) is 4.79 Å². The van der Waals surface area contributed by atoms with E-state index in [9.17, 15) is 19.5 Å². The summed E-state index contributed by atoms with van der Waals surface area (Å²) in [6.07, 6.45) is -2.26. The number of nitrogens with one attached hydrogen (secondary N) is 2. The number of alkyl carbamates (subject to hydrolysis) is 1. The number of amides is 2. The van der Waals surface area contributed by atoms with E-state index >= 15 is 0 Å². The van der Waals surface area contributed by atoms with Gasteiger partial charge in [0, 0.05) is 12.8 Å². The zero-order valence-corrected chi connectivity index (χ0v) is 15.1. The Morgan fingerprint density at radius 1 is 0.893 bits per heavy atom. The molecule has 0 fully saturated rings. The molecule has 0 spiro atoms. The third-order valence-electron chi connectivity index (χ3n) is 3.87. The van der Waals surface area contributed by atoms with Gasteiger partial charge in [0.05, 0.1) is 6.61 Å². The summed E-state index contributed by atoms with van der Waals surface area (Å²) in [6, 6.07) is 17.2. The molecule has 0 aromatic heterocycles. The lowest BCUT2D eigenvalue weighted by molar-refractivity contribution is -0.151. The first kappa shape index (κ1) is 20.9. The van der Waals surface area contributed by atoms with Gasteiger partial charge >= 0.3 is 12.1 Å². The number of carbonyl (C=O) groups is 3. The fraction of sp³-hybridized carbons (Fsp3) is 0.250. The Balaban J connectivity index is 1.94. The Bertz CT molecular complexity index is 782. The third-order valence-corrected chi connectivity index (χ3v) is 3.87. The molecule has 2 rings (SSSR count). The number of rotatable bonds is 9. The summed E-state index contributed by atoms with van der Waals surface area (Å²) < 4.78 is 5.11. The van der Waals surface area contributed by atoms with E-state index in [4.69, 9.17) is 9.84 Å². The van der Waals surface area contributed by atoms with Crippen LogP contribution in [0.25, 0.3) is 0 Å². The van der Waals surface area contributed by atoms with E-state index in [0.29, 0.717) is 6.42 Å². The first-order valence-electron chi connectivity index (χ1n) is 8.68. The molecular weight excluding hydrogens is 364 g/mol. The predicted octanol–water partition coefficient (Wildman–Crippen LogP) is 1.09. The van der Waals surface area contributed by atoms with Crippen molar-refractivity contribution in [2.75, 3.05) is 6.61 Å². The van der Waals surface area contributed by atoms with Gasteiger partial charge in [0.15, 0.2) is 0 Å². The smallest absolute Gasteiger partial charge is 0.407 e. The van der Waals surface area contributed by atoms with Gasteiger partial charge in [0.1, 0.15) is 6.04 Å². The zero-order valence-electron chi connectivity index (χ0n) is 15.1. The molecule has 0 aliphatic heterocycles. The first-order chi connectivity index (χ1) is 13.5. The van der Waals surface area contributed by atoms with E-state index in [1.54, 1.807) is 30.3 Å². The van der Waals surface area contributed by atoms with E-state index in [-0.39, 0.29) is 13.0 Å². The summed E-state index contributed by atoms with van der Waals surface area (Å²) in [6.45, 7) is 0.118. The number of benzene rings is 2. The molecule has 0 aliphatic rings. The number of carboxylic acid groups (broad SMARTS) is 1. The fourth-order valence-electron chi connectivity index (χ4n) is 2.45. The molecule has 2 aromatic carbocycles. The van der Waals surface area contributed by atoms with Crippen molar-refractivity contribution >= 4 is 18.0 Å². The van der Waals surface area contributed by atoms with Gasteiger partial charge in [-0.1, -0.05) is 60.7 Å². The Hall–Kier alpha value is -3.39. The number of carbonyl (C=O) groups excluding carboxylic acids is 2. The van der Waals surface area contributed by atoms with Crippen molar-refractivity contribution in [3.05, 3.63) is 71.8 Å². The molecule has 2 atom stereocenters. The minimum atomic E-state index is -2.07. The summed E-state index contributed by atoms with van der Waals surface area (Å²) in [4.78, 5) is 35.1. The van der Waals surface area contributed by atoms with Gasteiger partial charge in [0.2, 0.25) is 12.1 Å². The Labute approximate surface area is 162 Å². The summed E-state index contributed by atoms with van der Waals surface area (Å²) in [5.41, 5.74) is 1.75. The van der Waals surface area contributed by atoms with Gasteiger partial charge in [0.25, 0.3) is 0 Å². The van der Waals surface area contributed by atoms with Crippen LogP contribution in [0.3, 0.4) is 0 Å². The number of carboxylic acids is 1. The van der Waals surface area contributed by atoms with E-state index < -0.39 is 30.2 Å². The van der Waals surface area contributed by atoms with Crippen molar-refractivity contribution in [3.63, 3.8) is 0 Å². The van der Waals surface area contributed by atoms with Gasteiger partial charge in [-0.05, 0) is 11.1 Å². The van der Waals surface area contributed by atoms with Crippen LogP contribution in [-0.4, -0.2) is 47.1 Å². The number of hydrogen-bond acceptors (Lipinski definition) is 5. The van der Waals surface area contributed by atoms with Gasteiger partial charge in [-0.25, -0.2) is 9.59 Å². The molecule has 0 aliphatic carbocycles. The van der Waals surface area contributed by atoms with Crippen molar-refractivity contribution < 1.29 is 29.3 Å². The first-order valence-corrected chi connectivity index (χ1v) is 8.68. The lowest BCUT2D eigenvalue weighted by Crippen LogP contribution is -2.52. The average molecular weight is 386 g/mol. The predicted molar refractivity (Wildman–Crippen MR) is 100 cm³/mol. The minimum absolute atomic E-state index is 0.104. The summed E-state index contributed by atoms with van der Waals surface area (Å²) >= 11 is 0. The van der Waals surface area contributed by atoms with E-state index in [0.717, 1.165) is 11.1 Å². The molecule has 8 nitrogen and oxygen atoms in total. The summed E-state index contributed by atoms with van der Waals surface area (Å²) in [7, 11) is 0. The SMILES string of the molecule is O=C(N[C@@H](Cc1ccccc1)C(=O)NC(O)C(=O)O)OCCc1ccccc1. The number of aliphatic hydroxyl groups excluding tert-OH is 1. The van der Waals surface area contributed by atoms with Crippen LogP contribution in [0, 0.1) is 0 Å². The molecule has 4 N–H and O–H groups in total. The summed E-state index contributed by atoms with van der Waals surface area (Å²) in [5.74, 6) is -2.43.